The van der Waals surface area contributed by atoms with Gasteiger partial charge in [-0.15, -0.1) is 0 Å². The summed E-state index contributed by atoms with van der Waals surface area (Å²) in [7, 11) is 0. The molecule has 0 bridgehead atoms. The minimum Gasteiger partial charge on any atom is -0.490 e. The molecule has 22 heavy (non-hydrogen) atoms. The lowest BCUT2D eigenvalue weighted by atomic mass is 10.2. The van der Waals surface area contributed by atoms with E-state index in [1.807, 2.05) is 48.5 Å². The first kappa shape index (κ1) is 14.8. The number of hydrogen-bond acceptors (Lipinski definition) is 3. The van der Waals surface area contributed by atoms with E-state index in [1.54, 1.807) is 0 Å². The first-order chi connectivity index (χ1) is 10.9. The highest BCUT2D eigenvalue weighted by Gasteiger charge is 2.16. The van der Waals surface area contributed by atoms with Crippen molar-refractivity contribution in [3.05, 3.63) is 71.8 Å². The van der Waals surface area contributed by atoms with Crippen molar-refractivity contribution in [1.82, 2.24) is 0 Å². The Balaban J connectivity index is 1.55. The standard InChI is InChI=1S/C19H20O3/c1-2-7-16(8-3-1)9-5-12-20-18-11-4-10-17(15-18)19-21-13-6-14-22-19/h1-5,7-11,15,19H,6,12-14H2. The molecule has 0 spiro atoms. The van der Waals surface area contributed by atoms with E-state index >= 15 is 0 Å². The molecule has 2 aromatic carbocycles. The molecule has 2 aromatic rings. The van der Waals surface area contributed by atoms with Gasteiger partial charge in [-0.05, 0) is 30.2 Å². The van der Waals surface area contributed by atoms with Gasteiger partial charge in [0.25, 0.3) is 0 Å². The van der Waals surface area contributed by atoms with E-state index in [4.69, 9.17) is 14.2 Å². The minimum atomic E-state index is -0.267. The predicted molar refractivity (Wildman–Crippen MR) is 86.7 cm³/mol. The summed E-state index contributed by atoms with van der Waals surface area (Å²) in [5.74, 6) is 0.827. The van der Waals surface area contributed by atoms with Gasteiger partial charge < -0.3 is 14.2 Å². The molecular weight excluding hydrogens is 276 g/mol. The van der Waals surface area contributed by atoms with Crippen molar-refractivity contribution >= 4 is 6.08 Å². The lowest BCUT2D eigenvalue weighted by Crippen LogP contribution is -2.17. The largest absolute Gasteiger partial charge is 0.490 e. The van der Waals surface area contributed by atoms with Crippen LogP contribution in [0, 0.1) is 0 Å². The summed E-state index contributed by atoms with van der Waals surface area (Å²) in [5, 5.41) is 0. The summed E-state index contributed by atoms with van der Waals surface area (Å²) in [6.45, 7) is 2.02. The quantitative estimate of drug-likeness (QED) is 0.827. The summed E-state index contributed by atoms with van der Waals surface area (Å²) in [4.78, 5) is 0. The number of rotatable bonds is 5. The Bertz CT molecular complexity index is 601. The summed E-state index contributed by atoms with van der Waals surface area (Å²) in [6.07, 6.45) is 4.75. The van der Waals surface area contributed by atoms with Crippen molar-refractivity contribution in [2.75, 3.05) is 19.8 Å². The maximum atomic E-state index is 5.76. The molecule has 0 atom stereocenters. The van der Waals surface area contributed by atoms with Crippen molar-refractivity contribution in [3.8, 4) is 5.75 Å². The van der Waals surface area contributed by atoms with Crippen molar-refractivity contribution in [1.29, 1.82) is 0 Å². The van der Waals surface area contributed by atoms with Gasteiger partial charge in [-0.25, -0.2) is 0 Å². The van der Waals surface area contributed by atoms with Gasteiger partial charge in [0.15, 0.2) is 6.29 Å². The van der Waals surface area contributed by atoms with Crippen LogP contribution in [0.25, 0.3) is 6.08 Å². The highest BCUT2D eigenvalue weighted by atomic mass is 16.7. The van der Waals surface area contributed by atoms with Crippen LogP contribution in [0.5, 0.6) is 5.75 Å². The second-order valence-electron chi connectivity index (χ2n) is 5.12. The topological polar surface area (TPSA) is 27.7 Å². The molecular formula is C19H20O3. The Hall–Kier alpha value is -2.10. The lowest BCUT2D eigenvalue weighted by molar-refractivity contribution is -0.183. The molecule has 0 aromatic heterocycles. The molecule has 1 fully saturated rings. The molecule has 1 heterocycles. The monoisotopic (exact) mass is 296 g/mol. The van der Waals surface area contributed by atoms with E-state index in [2.05, 4.69) is 18.2 Å². The van der Waals surface area contributed by atoms with Crippen LogP contribution in [-0.2, 0) is 9.47 Å². The van der Waals surface area contributed by atoms with Crippen molar-refractivity contribution in [2.45, 2.75) is 12.7 Å². The highest BCUT2D eigenvalue weighted by Crippen LogP contribution is 2.25. The van der Waals surface area contributed by atoms with Gasteiger partial charge in [0, 0.05) is 5.56 Å². The van der Waals surface area contributed by atoms with Crippen LogP contribution in [0.4, 0.5) is 0 Å². The van der Waals surface area contributed by atoms with Gasteiger partial charge in [0.1, 0.15) is 12.4 Å². The van der Waals surface area contributed by atoms with E-state index < -0.39 is 0 Å². The Labute approximate surface area is 131 Å². The zero-order valence-electron chi connectivity index (χ0n) is 12.5. The first-order valence-corrected chi connectivity index (χ1v) is 7.59. The molecule has 0 N–H and O–H groups in total. The smallest absolute Gasteiger partial charge is 0.183 e. The van der Waals surface area contributed by atoms with Crippen LogP contribution in [0.2, 0.25) is 0 Å². The van der Waals surface area contributed by atoms with Gasteiger partial charge in [-0.2, -0.15) is 0 Å². The van der Waals surface area contributed by atoms with Crippen molar-refractivity contribution in [3.63, 3.8) is 0 Å². The third-order valence-corrected chi connectivity index (χ3v) is 3.41. The van der Waals surface area contributed by atoms with E-state index in [1.165, 1.54) is 5.56 Å². The van der Waals surface area contributed by atoms with Gasteiger partial charge >= 0.3 is 0 Å². The summed E-state index contributed by atoms with van der Waals surface area (Å²) < 4.78 is 17.0. The second-order valence-corrected chi connectivity index (χ2v) is 5.12. The molecule has 1 aliphatic rings. The van der Waals surface area contributed by atoms with Gasteiger partial charge in [-0.3, -0.25) is 0 Å². The fraction of sp³-hybridized carbons (Fsp3) is 0.263. The molecule has 3 nitrogen and oxygen atoms in total. The van der Waals surface area contributed by atoms with Crippen molar-refractivity contribution in [2.24, 2.45) is 0 Å². The molecule has 0 aliphatic carbocycles. The van der Waals surface area contributed by atoms with E-state index in [-0.39, 0.29) is 6.29 Å². The number of hydrogen-bond donors (Lipinski definition) is 0. The van der Waals surface area contributed by atoms with Gasteiger partial charge in [0.2, 0.25) is 0 Å². The molecule has 114 valence electrons. The lowest BCUT2D eigenvalue weighted by Gasteiger charge is -2.23. The SMILES string of the molecule is C(=Cc1ccccc1)COc1cccc(C2OCCCO2)c1. The van der Waals surface area contributed by atoms with Crippen LogP contribution in [0.3, 0.4) is 0 Å². The van der Waals surface area contributed by atoms with E-state index in [0.29, 0.717) is 6.61 Å². The summed E-state index contributed by atoms with van der Waals surface area (Å²) in [6, 6.07) is 18.1. The van der Waals surface area contributed by atoms with Crippen LogP contribution >= 0.6 is 0 Å². The zero-order chi connectivity index (χ0) is 15.0. The molecule has 0 radical (unpaired) electrons. The summed E-state index contributed by atoms with van der Waals surface area (Å²) >= 11 is 0. The molecule has 3 heteroatoms. The average molecular weight is 296 g/mol. The molecule has 0 amide bonds. The fourth-order valence-electron chi connectivity index (χ4n) is 2.32. The van der Waals surface area contributed by atoms with Crippen LogP contribution in [0.1, 0.15) is 23.8 Å². The molecule has 1 aliphatic heterocycles. The number of benzene rings is 2. The number of ether oxygens (including phenoxy) is 3. The third kappa shape index (κ3) is 4.20. The first-order valence-electron chi connectivity index (χ1n) is 7.59. The third-order valence-electron chi connectivity index (χ3n) is 3.41. The average Bonchev–Trinajstić information content (AvgIpc) is 2.61. The normalized spacial score (nSPS) is 16.0. The van der Waals surface area contributed by atoms with Crippen LogP contribution in [0.15, 0.2) is 60.7 Å². The second kappa shape index (κ2) is 7.78. The Morgan fingerprint density at radius 2 is 1.82 bits per heavy atom. The Morgan fingerprint density at radius 1 is 1.00 bits per heavy atom. The van der Waals surface area contributed by atoms with Gasteiger partial charge in [0.05, 0.1) is 13.2 Å². The molecule has 0 unspecified atom stereocenters. The summed E-state index contributed by atoms with van der Waals surface area (Å²) in [5.41, 5.74) is 2.17. The zero-order valence-corrected chi connectivity index (χ0v) is 12.5. The minimum absolute atomic E-state index is 0.267. The molecule has 3 rings (SSSR count). The van der Waals surface area contributed by atoms with Gasteiger partial charge in [-0.1, -0.05) is 48.5 Å². The Morgan fingerprint density at radius 3 is 2.64 bits per heavy atom. The molecule has 0 saturated carbocycles. The van der Waals surface area contributed by atoms with Crippen molar-refractivity contribution < 1.29 is 14.2 Å². The fourth-order valence-corrected chi connectivity index (χ4v) is 2.32. The predicted octanol–water partition coefficient (Wildman–Crippen LogP) is 4.21. The Kier molecular flexibility index (Phi) is 5.24. The molecule has 1 saturated heterocycles. The van der Waals surface area contributed by atoms with Crippen LogP contribution in [-0.4, -0.2) is 19.8 Å². The highest BCUT2D eigenvalue weighted by molar-refractivity contribution is 5.48. The maximum Gasteiger partial charge on any atom is 0.183 e. The van der Waals surface area contributed by atoms with E-state index in [9.17, 15) is 0 Å². The van der Waals surface area contributed by atoms with E-state index in [0.717, 1.165) is 30.9 Å². The van der Waals surface area contributed by atoms with Crippen LogP contribution < -0.4 is 4.74 Å². The maximum absolute atomic E-state index is 5.76.